The number of hydrogen-bond donors (Lipinski definition) is 6. The summed E-state index contributed by atoms with van der Waals surface area (Å²) >= 11 is 0. The third-order valence-corrected chi connectivity index (χ3v) is 3.36. The molecule has 21 heavy (non-hydrogen) atoms. The molecule has 2 aliphatic heterocycles. The molecule has 118 valence electrons. The Morgan fingerprint density at radius 1 is 1.48 bits per heavy atom. The van der Waals surface area contributed by atoms with Gasteiger partial charge >= 0.3 is 6.03 Å². The van der Waals surface area contributed by atoms with Gasteiger partial charge in [0.25, 0.3) is 0 Å². The summed E-state index contributed by atoms with van der Waals surface area (Å²) in [5, 5.41) is 30.9. The molecule has 0 aromatic rings. The molecule has 0 bridgehead atoms. The highest BCUT2D eigenvalue weighted by Crippen LogP contribution is 2.26. The highest BCUT2D eigenvalue weighted by Gasteiger charge is 2.47. The van der Waals surface area contributed by atoms with E-state index < -0.39 is 48.7 Å². The summed E-state index contributed by atoms with van der Waals surface area (Å²) in [7, 11) is 0. The first kappa shape index (κ1) is 15.7. The van der Waals surface area contributed by atoms with E-state index in [4.69, 9.17) is 21.3 Å². The molecular weight excluding hydrogens is 284 g/mol. The maximum Gasteiger partial charge on any atom is 0.325 e. The zero-order valence-electron chi connectivity index (χ0n) is 11.0. The summed E-state index contributed by atoms with van der Waals surface area (Å²) in [6.07, 6.45) is -2.61. The van der Waals surface area contributed by atoms with Gasteiger partial charge in [0, 0.05) is 6.20 Å². The van der Waals surface area contributed by atoms with Crippen LogP contribution in [-0.4, -0.2) is 69.0 Å². The van der Waals surface area contributed by atoms with Gasteiger partial charge in [0.15, 0.2) is 6.23 Å². The molecule has 0 aromatic heterocycles. The Kier molecular flexibility index (Phi) is 4.16. The molecule has 0 aliphatic carbocycles. The van der Waals surface area contributed by atoms with Crippen molar-refractivity contribution in [2.45, 2.75) is 36.6 Å². The number of hydrogen-bond acceptors (Lipinski definition) is 7. The predicted molar refractivity (Wildman–Crippen MR) is 68.0 cm³/mol. The van der Waals surface area contributed by atoms with Gasteiger partial charge in [-0.05, 0) is 6.08 Å². The summed E-state index contributed by atoms with van der Waals surface area (Å²) in [4.78, 5) is 23.9. The molecule has 0 aromatic carbocycles. The van der Waals surface area contributed by atoms with Gasteiger partial charge in [-0.15, -0.1) is 0 Å². The lowest BCUT2D eigenvalue weighted by molar-refractivity contribution is -0.119. The van der Waals surface area contributed by atoms with Crippen LogP contribution in [0.15, 0.2) is 12.3 Å². The molecule has 5 atom stereocenters. The number of amides is 3. The summed E-state index contributed by atoms with van der Waals surface area (Å²) in [5.41, 5.74) is 9.41. The van der Waals surface area contributed by atoms with Crippen LogP contribution in [0.5, 0.6) is 0 Å². The fraction of sp³-hybridized carbons (Fsp3) is 0.636. The standard InChI is InChI=1S/C11H18N4O6/c12-6(17)3-11(13)1-2-15(10(20)14-11)9-8(19)7(18)5(4-16)21-9/h1-2,5,7-9,16,18-19H,3-4,13H2,(H2,12,17)(H,14,20)/t5-,7-,8-,9-,11?/m1/s1. The third-order valence-electron chi connectivity index (χ3n) is 3.36. The number of aliphatic hydroxyl groups is 3. The molecule has 0 saturated carbocycles. The van der Waals surface area contributed by atoms with Crippen LogP contribution in [0.1, 0.15) is 6.42 Å². The molecule has 0 spiro atoms. The van der Waals surface area contributed by atoms with Crippen LogP contribution >= 0.6 is 0 Å². The largest absolute Gasteiger partial charge is 0.394 e. The fourth-order valence-corrected chi connectivity index (χ4v) is 2.29. The van der Waals surface area contributed by atoms with Gasteiger partial charge in [-0.1, -0.05) is 0 Å². The summed E-state index contributed by atoms with van der Waals surface area (Å²) in [6, 6.07) is -0.726. The van der Waals surface area contributed by atoms with Crippen molar-refractivity contribution in [1.82, 2.24) is 10.2 Å². The first-order valence-electron chi connectivity index (χ1n) is 6.27. The quantitative estimate of drug-likeness (QED) is 0.312. The lowest BCUT2D eigenvalue weighted by Gasteiger charge is -2.37. The highest BCUT2D eigenvalue weighted by molar-refractivity contribution is 5.81. The maximum atomic E-state index is 12.0. The Labute approximate surface area is 119 Å². The molecule has 1 unspecified atom stereocenters. The first-order valence-corrected chi connectivity index (χ1v) is 6.27. The monoisotopic (exact) mass is 302 g/mol. The minimum Gasteiger partial charge on any atom is -0.394 e. The molecule has 2 aliphatic rings. The average Bonchev–Trinajstić information content (AvgIpc) is 2.65. The topological polar surface area (TPSA) is 171 Å². The average molecular weight is 302 g/mol. The number of aliphatic hydroxyl groups excluding tert-OH is 3. The van der Waals surface area contributed by atoms with E-state index >= 15 is 0 Å². The number of nitrogens with zero attached hydrogens (tertiary/aromatic N) is 1. The molecule has 8 N–H and O–H groups in total. The van der Waals surface area contributed by atoms with Crippen LogP contribution in [0.25, 0.3) is 0 Å². The van der Waals surface area contributed by atoms with E-state index in [9.17, 15) is 19.8 Å². The zero-order valence-corrected chi connectivity index (χ0v) is 11.0. The van der Waals surface area contributed by atoms with E-state index in [-0.39, 0.29) is 6.42 Å². The van der Waals surface area contributed by atoms with Gasteiger partial charge in [-0.2, -0.15) is 0 Å². The van der Waals surface area contributed by atoms with Crippen LogP contribution in [0.4, 0.5) is 4.79 Å². The Balaban J connectivity index is 2.14. The molecule has 1 fully saturated rings. The number of rotatable bonds is 4. The van der Waals surface area contributed by atoms with Crippen molar-refractivity contribution in [1.29, 1.82) is 0 Å². The zero-order chi connectivity index (χ0) is 15.8. The maximum absolute atomic E-state index is 12.0. The lowest BCUT2D eigenvalue weighted by atomic mass is 10.1. The van der Waals surface area contributed by atoms with Gasteiger partial charge < -0.3 is 36.8 Å². The molecule has 0 radical (unpaired) electrons. The number of carbonyl (C=O) groups is 2. The summed E-state index contributed by atoms with van der Waals surface area (Å²) in [6.45, 7) is -0.504. The van der Waals surface area contributed by atoms with Crippen LogP contribution < -0.4 is 16.8 Å². The molecule has 3 amide bonds. The fourth-order valence-electron chi connectivity index (χ4n) is 2.29. The number of nitrogens with two attached hydrogens (primary N) is 2. The normalized spacial score (nSPS) is 39.4. The number of carbonyl (C=O) groups excluding carboxylic acids is 2. The summed E-state index contributed by atoms with van der Waals surface area (Å²) < 4.78 is 5.23. The third kappa shape index (κ3) is 2.99. The van der Waals surface area contributed by atoms with E-state index in [0.29, 0.717) is 0 Å². The molecule has 1 saturated heterocycles. The number of primary amides is 1. The first-order chi connectivity index (χ1) is 9.77. The van der Waals surface area contributed by atoms with Crippen LogP contribution in [0.3, 0.4) is 0 Å². The lowest BCUT2D eigenvalue weighted by Crippen LogP contribution is -2.63. The van der Waals surface area contributed by atoms with Gasteiger partial charge in [-0.25, -0.2) is 4.79 Å². The van der Waals surface area contributed by atoms with Crippen LogP contribution in [-0.2, 0) is 9.53 Å². The predicted octanol–water partition coefficient (Wildman–Crippen LogP) is -3.51. The number of nitrogens with one attached hydrogen (secondary N) is 1. The van der Waals surface area contributed by atoms with Gasteiger partial charge in [0.05, 0.1) is 13.0 Å². The Morgan fingerprint density at radius 2 is 2.14 bits per heavy atom. The molecule has 10 nitrogen and oxygen atoms in total. The van der Waals surface area contributed by atoms with Crippen molar-refractivity contribution in [3.05, 3.63) is 12.3 Å². The van der Waals surface area contributed by atoms with Gasteiger partial charge in [0.1, 0.15) is 24.0 Å². The van der Waals surface area contributed by atoms with E-state index in [1.54, 1.807) is 0 Å². The Bertz CT molecular complexity index is 472. The SMILES string of the molecule is NC(=O)CC1(N)C=CN([C@@H]2O[C@H](CO)[C@@H](O)[C@H]2O)C(=O)N1. The second kappa shape index (κ2) is 5.58. The van der Waals surface area contributed by atoms with Crippen LogP contribution in [0, 0.1) is 0 Å². The molecule has 10 heteroatoms. The second-order valence-corrected chi connectivity index (χ2v) is 5.07. The van der Waals surface area contributed by atoms with E-state index in [0.717, 1.165) is 4.90 Å². The minimum absolute atomic E-state index is 0.293. The van der Waals surface area contributed by atoms with Crippen molar-refractivity contribution in [3.63, 3.8) is 0 Å². The van der Waals surface area contributed by atoms with Crippen molar-refractivity contribution >= 4 is 11.9 Å². The second-order valence-electron chi connectivity index (χ2n) is 5.07. The van der Waals surface area contributed by atoms with Gasteiger partial charge in [-0.3, -0.25) is 9.69 Å². The van der Waals surface area contributed by atoms with Crippen molar-refractivity contribution in [2.24, 2.45) is 11.5 Å². The molecule has 2 rings (SSSR count). The van der Waals surface area contributed by atoms with E-state index in [2.05, 4.69) is 5.32 Å². The number of ether oxygens (including phenoxy) is 1. The van der Waals surface area contributed by atoms with Crippen molar-refractivity contribution < 1.29 is 29.6 Å². The van der Waals surface area contributed by atoms with Crippen molar-refractivity contribution in [2.75, 3.05) is 6.61 Å². The Morgan fingerprint density at radius 3 is 2.62 bits per heavy atom. The Hall–Kier alpha value is -1.72. The van der Waals surface area contributed by atoms with E-state index in [1.807, 2.05) is 0 Å². The smallest absolute Gasteiger partial charge is 0.325 e. The highest BCUT2D eigenvalue weighted by atomic mass is 16.6. The van der Waals surface area contributed by atoms with Crippen LogP contribution in [0.2, 0.25) is 0 Å². The summed E-state index contributed by atoms with van der Waals surface area (Å²) in [5.74, 6) is -0.691. The van der Waals surface area contributed by atoms with Crippen molar-refractivity contribution in [3.8, 4) is 0 Å². The minimum atomic E-state index is -1.42. The molecule has 2 heterocycles. The van der Waals surface area contributed by atoms with E-state index in [1.165, 1.54) is 12.3 Å². The molecular formula is C11H18N4O6. The van der Waals surface area contributed by atoms with Gasteiger partial charge in [0.2, 0.25) is 5.91 Å². The number of urea groups is 1.